The van der Waals surface area contributed by atoms with Crippen LogP contribution in [0.1, 0.15) is 19.4 Å². The summed E-state index contributed by atoms with van der Waals surface area (Å²) in [5.74, 6) is 1.01. The molecule has 0 atom stereocenters. The zero-order valence-electron chi connectivity index (χ0n) is 15.5. The van der Waals surface area contributed by atoms with Crippen LogP contribution in [-0.2, 0) is 11.3 Å². The Kier molecular flexibility index (Phi) is 5.44. The Morgan fingerprint density at radius 3 is 2.64 bits per heavy atom. The number of aromatic nitrogens is 1. The number of nitrogens with zero attached hydrogens (tertiary/aromatic N) is 4. The van der Waals surface area contributed by atoms with Crippen LogP contribution in [0, 0.1) is 0 Å². The average molecular weight is 347 g/mol. The van der Waals surface area contributed by atoms with Crippen molar-refractivity contribution in [1.29, 1.82) is 0 Å². The summed E-state index contributed by atoms with van der Waals surface area (Å²) in [5, 5.41) is 2.98. The summed E-state index contributed by atoms with van der Waals surface area (Å²) in [6, 6.07) is 4.05. The number of carbonyl (C=O) groups is 1. The molecular formula is C18H29N5O2. The molecule has 0 radical (unpaired) electrons. The van der Waals surface area contributed by atoms with Gasteiger partial charge in [0.15, 0.2) is 0 Å². The minimum Gasteiger partial charge on any atom is -0.372 e. The second-order valence-corrected chi connectivity index (χ2v) is 7.50. The summed E-state index contributed by atoms with van der Waals surface area (Å²) in [5.41, 5.74) is 0.736. The molecule has 1 N–H and O–H groups in total. The Hall–Kier alpha value is -1.86. The fourth-order valence-electron chi connectivity index (χ4n) is 3.22. The third-order valence-electron chi connectivity index (χ3n) is 4.79. The van der Waals surface area contributed by atoms with Crippen molar-refractivity contribution in [2.45, 2.75) is 26.0 Å². The maximum Gasteiger partial charge on any atom is 0.317 e. The second kappa shape index (κ2) is 7.58. The monoisotopic (exact) mass is 347 g/mol. The van der Waals surface area contributed by atoms with E-state index in [1.165, 1.54) is 0 Å². The summed E-state index contributed by atoms with van der Waals surface area (Å²) in [7, 11) is 2.14. The zero-order chi connectivity index (χ0) is 17.9. The van der Waals surface area contributed by atoms with Gasteiger partial charge in [-0.05, 0) is 32.5 Å². The number of ether oxygens (including phenoxy) is 1. The highest BCUT2D eigenvalue weighted by Gasteiger charge is 2.29. The molecule has 2 aliphatic heterocycles. The Balaban J connectivity index is 1.49. The number of pyridine rings is 1. The summed E-state index contributed by atoms with van der Waals surface area (Å²) in [6.45, 7) is 10.5. The first-order valence-corrected chi connectivity index (χ1v) is 8.98. The number of likely N-dealkylation sites (N-methyl/N-ethyl adjacent to an activating group) is 1. The van der Waals surface area contributed by atoms with Crippen LogP contribution in [-0.4, -0.2) is 79.3 Å². The lowest BCUT2D eigenvalue weighted by Crippen LogP contribution is -2.53. The first-order chi connectivity index (χ1) is 11.9. The quantitative estimate of drug-likeness (QED) is 0.889. The van der Waals surface area contributed by atoms with E-state index in [1.807, 2.05) is 37.1 Å². The maximum atomic E-state index is 12.3. The summed E-state index contributed by atoms with van der Waals surface area (Å²) in [6.07, 6.45) is 1.86. The van der Waals surface area contributed by atoms with Crippen LogP contribution in [0.5, 0.6) is 0 Å². The number of morpholine rings is 1. The lowest BCUT2D eigenvalue weighted by atomic mass is 10.1. The number of nitrogens with one attached hydrogen (secondary N) is 1. The van der Waals surface area contributed by atoms with Gasteiger partial charge in [0, 0.05) is 45.5 Å². The molecule has 0 bridgehead atoms. The molecule has 2 amide bonds. The van der Waals surface area contributed by atoms with E-state index in [4.69, 9.17) is 4.74 Å². The number of rotatable bonds is 3. The van der Waals surface area contributed by atoms with Crippen molar-refractivity contribution in [3.05, 3.63) is 23.9 Å². The molecule has 1 aromatic heterocycles. The van der Waals surface area contributed by atoms with Crippen molar-refractivity contribution in [2.75, 3.05) is 57.8 Å². The lowest BCUT2D eigenvalue weighted by Gasteiger charge is -2.38. The van der Waals surface area contributed by atoms with Gasteiger partial charge in [-0.25, -0.2) is 9.78 Å². The molecule has 0 spiro atoms. The van der Waals surface area contributed by atoms with E-state index >= 15 is 0 Å². The van der Waals surface area contributed by atoms with Gasteiger partial charge < -0.3 is 24.8 Å². The van der Waals surface area contributed by atoms with Crippen LogP contribution >= 0.6 is 0 Å². The predicted octanol–water partition coefficient (Wildman–Crippen LogP) is 1.15. The summed E-state index contributed by atoms with van der Waals surface area (Å²) in [4.78, 5) is 23.3. The fraction of sp³-hybridized carbons (Fsp3) is 0.667. The van der Waals surface area contributed by atoms with Crippen molar-refractivity contribution < 1.29 is 9.53 Å². The van der Waals surface area contributed by atoms with Crippen molar-refractivity contribution in [1.82, 2.24) is 20.1 Å². The molecule has 7 nitrogen and oxygen atoms in total. The van der Waals surface area contributed by atoms with Crippen molar-refractivity contribution in [3.63, 3.8) is 0 Å². The first-order valence-electron chi connectivity index (χ1n) is 8.98. The van der Waals surface area contributed by atoms with E-state index in [2.05, 4.69) is 27.1 Å². The van der Waals surface area contributed by atoms with Crippen molar-refractivity contribution >= 4 is 11.8 Å². The van der Waals surface area contributed by atoms with Gasteiger partial charge >= 0.3 is 6.03 Å². The lowest BCUT2D eigenvalue weighted by molar-refractivity contribution is -0.0733. The number of urea groups is 1. The van der Waals surface area contributed by atoms with E-state index in [1.54, 1.807) is 0 Å². The summed E-state index contributed by atoms with van der Waals surface area (Å²) >= 11 is 0. The van der Waals surface area contributed by atoms with Gasteiger partial charge in [0.05, 0.1) is 18.8 Å². The minimum atomic E-state index is -0.276. The molecule has 25 heavy (non-hydrogen) atoms. The average Bonchev–Trinajstić information content (AvgIpc) is 2.60. The van der Waals surface area contributed by atoms with Crippen molar-refractivity contribution in [3.8, 4) is 0 Å². The van der Waals surface area contributed by atoms with E-state index in [0.29, 0.717) is 26.2 Å². The van der Waals surface area contributed by atoms with Crippen LogP contribution in [0.2, 0.25) is 0 Å². The van der Waals surface area contributed by atoms with Gasteiger partial charge in [-0.1, -0.05) is 6.07 Å². The molecule has 2 saturated heterocycles. The minimum absolute atomic E-state index is 0.0421. The van der Waals surface area contributed by atoms with Gasteiger partial charge in [-0.3, -0.25) is 0 Å². The molecule has 3 rings (SSSR count). The number of carbonyl (C=O) groups excluding carboxylic acids is 1. The number of hydrogen-bond donors (Lipinski definition) is 1. The van der Waals surface area contributed by atoms with E-state index in [9.17, 15) is 4.79 Å². The molecule has 7 heteroatoms. The van der Waals surface area contributed by atoms with E-state index in [-0.39, 0.29) is 11.6 Å². The highest BCUT2D eigenvalue weighted by Crippen LogP contribution is 2.17. The standard InChI is InChI=1S/C18H29N5O2/c1-18(2)14-23(10-11-25-18)17(24)20-13-15-4-5-16(19-12-15)22-8-6-21(3)7-9-22/h4-5,12H,6-11,13-14H2,1-3H3,(H,20,24). The maximum absolute atomic E-state index is 12.3. The van der Waals surface area contributed by atoms with Crippen LogP contribution in [0.4, 0.5) is 10.6 Å². The third kappa shape index (κ3) is 4.83. The SMILES string of the molecule is CN1CCN(c2ccc(CNC(=O)N3CCOC(C)(C)C3)cn2)CC1. The van der Waals surface area contributed by atoms with Crippen LogP contribution in [0.15, 0.2) is 18.3 Å². The number of anilines is 1. The molecule has 0 aliphatic carbocycles. The Bertz CT molecular complexity index is 582. The molecule has 1 aromatic rings. The predicted molar refractivity (Wildman–Crippen MR) is 97.8 cm³/mol. The summed E-state index contributed by atoms with van der Waals surface area (Å²) < 4.78 is 5.65. The van der Waals surface area contributed by atoms with E-state index in [0.717, 1.165) is 37.6 Å². The molecule has 0 unspecified atom stereocenters. The molecular weight excluding hydrogens is 318 g/mol. The van der Waals surface area contributed by atoms with Gasteiger partial charge in [0.2, 0.25) is 0 Å². The molecule has 2 aliphatic rings. The molecule has 138 valence electrons. The Morgan fingerprint density at radius 2 is 2.00 bits per heavy atom. The first kappa shape index (κ1) is 17.9. The van der Waals surface area contributed by atoms with Crippen molar-refractivity contribution in [2.24, 2.45) is 0 Å². The van der Waals surface area contributed by atoms with Crippen LogP contribution < -0.4 is 10.2 Å². The number of hydrogen-bond acceptors (Lipinski definition) is 5. The number of amides is 2. The molecule has 0 saturated carbocycles. The fourth-order valence-corrected chi connectivity index (χ4v) is 3.22. The smallest absolute Gasteiger partial charge is 0.317 e. The van der Waals surface area contributed by atoms with Crippen LogP contribution in [0.25, 0.3) is 0 Å². The third-order valence-corrected chi connectivity index (χ3v) is 4.79. The highest BCUT2D eigenvalue weighted by molar-refractivity contribution is 5.74. The molecule has 2 fully saturated rings. The molecule has 3 heterocycles. The number of piperazine rings is 1. The van der Waals surface area contributed by atoms with Gasteiger partial charge in [-0.15, -0.1) is 0 Å². The topological polar surface area (TPSA) is 60.9 Å². The second-order valence-electron chi connectivity index (χ2n) is 7.50. The highest BCUT2D eigenvalue weighted by atomic mass is 16.5. The van der Waals surface area contributed by atoms with Gasteiger partial charge in [-0.2, -0.15) is 0 Å². The van der Waals surface area contributed by atoms with Gasteiger partial charge in [0.25, 0.3) is 0 Å². The van der Waals surface area contributed by atoms with Gasteiger partial charge in [0.1, 0.15) is 5.82 Å². The Labute approximate surface area is 149 Å². The normalized spacial score (nSPS) is 21.2. The molecule has 0 aromatic carbocycles. The van der Waals surface area contributed by atoms with E-state index < -0.39 is 0 Å². The zero-order valence-corrected chi connectivity index (χ0v) is 15.5. The Morgan fingerprint density at radius 1 is 1.24 bits per heavy atom. The van der Waals surface area contributed by atoms with Crippen LogP contribution in [0.3, 0.4) is 0 Å². The largest absolute Gasteiger partial charge is 0.372 e.